The summed E-state index contributed by atoms with van der Waals surface area (Å²) in [6.07, 6.45) is 2.95. The van der Waals surface area contributed by atoms with Crippen molar-refractivity contribution in [3.05, 3.63) is 59.0 Å². The summed E-state index contributed by atoms with van der Waals surface area (Å²) >= 11 is 0. The Morgan fingerprint density at radius 1 is 1.11 bits per heavy atom. The van der Waals surface area contributed by atoms with Crippen LogP contribution >= 0.6 is 0 Å². The van der Waals surface area contributed by atoms with Crippen molar-refractivity contribution in [2.45, 2.75) is 6.92 Å². The lowest BCUT2D eigenvalue weighted by atomic mass is 10.1. The summed E-state index contributed by atoms with van der Waals surface area (Å²) in [7, 11) is 1.60. The number of fused-ring (bicyclic) bond motifs is 2. The number of aromatic amines is 1. The Bertz CT molecular complexity index is 1370. The highest BCUT2D eigenvalue weighted by Gasteiger charge is 2.19. The predicted molar refractivity (Wildman–Crippen MR) is 101 cm³/mol. The van der Waals surface area contributed by atoms with Crippen LogP contribution in [0, 0.1) is 6.92 Å². The molecule has 0 fully saturated rings. The van der Waals surface area contributed by atoms with Crippen LogP contribution in [0.15, 0.2) is 47.7 Å². The summed E-state index contributed by atoms with van der Waals surface area (Å²) in [5.74, 6) is 2.02. The van der Waals surface area contributed by atoms with Crippen molar-refractivity contribution in [3.63, 3.8) is 0 Å². The first-order valence-corrected chi connectivity index (χ1v) is 8.44. The lowest BCUT2D eigenvalue weighted by Gasteiger charge is -2.10. The van der Waals surface area contributed by atoms with Crippen LogP contribution in [0.2, 0.25) is 0 Å². The number of rotatable bonds is 3. The highest BCUT2D eigenvalue weighted by Crippen LogP contribution is 2.28. The van der Waals surface area contributed by atoms with Gasteiger partial charge in [-0.1, -0.05) is 0 Å². The van der Waals surface area contributed by atoms with Crippen LogP contribution in [0.5, 0.6) is 5.75 Å². The van der Waals surface area contributed by atoms with E-state index in [1.165, 1.54) is 10.9 Å². The van der Waals surface area contributed by atoms with E-state index in [1.807, 2.05) is 24.3 Å². The van der Waals surface area contributed by atoms with Gasteiger partial charge in [-0.05, 0) is 37.3 Å². The molecule has 1 N–H and O–H groups in total. The van der Waals surface area contributed by atoms with Crippen LogP contribution in [0.3, 0.4) is 0 Å². The van der Waals surface area contributed by atoms with Crippen molar-refractivity contribution < 1.29 is 4.74 Å². The maximum Gasteiger partial charge on any atom is 0.269 e. The van der Waals surface area contributed by atoms with E-state index in [1.54, 1.807) is 30.8 Å². The molecule has 0 saturated carbocycles. The number of aromatic nitrogens is 8. The molecular formula is C18H14N8O2. The number of benzene rings is 1. The Balaban J connectivity index is 1.92. The minimum atomic E-state index is -0.289. The molecule has 0 bridgehead atoms. The standard InChI is InChI=1S/C18H14N8O2/c1-10-21-18-22-13-7-8-25(17-19-9-20-23-17)16(27)14(13)15(26(18)24-10)11-3-5-12(28-2)6-4-11/h3-9H,1-2H3,(H,19,20,23). The van der Waals surface area contributed by atoms with Gasteiger partial charge in [-0.15, -0.1) is 5.10 Å². The van der Waals surface area contributed by atoms with E-state index in [0.717, 1.165) is 5.56 Å². The van der Waals surface area contributed by atoms with Gasteiger partial charge < -0.3 is 4.74 Å². The molecule has 0 aliphatic rings. The molecule has 138 valence electrons. The molecule has 0 unspecified atom stereocenters. The second-order valence-corrected chi connectivity index (χ2v) is 6.12. The summed E-state index contributed by atoms with van der Waals surface area (Å²) in [6.45, 7) is 1.78. The van der Waals surface area contributed by atoms with Gasteiger partial charge in [0.25, 0.3) is 11.3 Å². The van der Waals surface area contributed by atoms with Gasteiger partial charge in [0.2, 0.25) is 5.95 Å². The third-order valence-corrected chi connectivity index (χ3v) is 4.43. The van der Waals surface area contributed by atoms with Crippen LogP contribution in [0.4, 0.5) is 0 Å². The average molecular weight is 374 g/mol. The number of nitrogens with one attached hydrogen (secondary N) is 1. The molecule has 4 aromatic heterocycles. The predicted octanol–water partition coefficient (Wildman–Crippen LogP) is 1.53. The molecular weight excluding hydrogens is 360 g/mol. The number of ether oxygens (including phenoxy) is 1. The lowest BCUT2D eigenvalue weighted by molar-refractivity contribution is 0.415. The van der Waals surface area contributed by atoms with E-state index >= 15 is 0 Å². The number of hydrogen-bond donors (Lipinski definition) is 1. The number of pyridine rings is 1. The van der Waals surface area contributed by atoms with Crippen LogP contribution in [0.1, 0.15) is 5.82 Å². The third kappa shape index (κ3) is 2.35. The molecule has 1 aromatic carbocycles. The molecule has 5 aromatic rings. The molecule has 10 nitrogen and oxygen atoms in total. The Morgan fingerprint density at radius 2 is 1.93 bits per heavy atom. The van der Waals surface area contributed by atoms with E-state index < -0.39 is 0 Å². The van der Waals surface area contributed by atoms with Crippen molar-refractivity contribution in [2.24, 2.45) is 0 Å². The van der Waals surface area contributed by atoms with Crippen molar-refractivity contribution in [2.75, 3.05) is 7.11 Å². The van der Waals surface area contributed by atoms with E-state index in [-0.39, 0.29) is 5.56 Å². The summed E-state index contributed by atoms with van der Waals surface area (Å²) in [6, 6.07) is 9.14. The molecule has 0 aliphatic heterocycles. The molecule has 0 radical (unpaired) electrons. The minimum Gasteiger partial charge on any atom is -0.497 e. The number of H-pyrrole nitrogens is 1. The van der Waals surface area contributed by atoms with Gasteiger partial charge in [-0.3, -0.25) is 9.36 Å². The topological polar surface area (TPSA) is 116 Å². The van der Waals surface area contributed by atoms with Gasteiger partial charge in [-0.2, -0.15) is 19.6 Å². The van der Waals surface area contributed by atoms with E-state index in [0.29, 0.717) is 39.9 Å². The van der Waals surface area contributed by atoms with Gasteiger partial charge in [0.05, 0.1) is 23.7 Å². The maximum atomic E-state index is 13.3. The zero-order valence-corrected chi connectivity index (χ0v) is 15.0. The van der Waals surface area contributed by atoms with Crippen LogP contribution in [-0.2, 0) is 0 Å². The number of hydrogen-bond acceptors (Lipinski definition) is 7. The Labute approximate surface area is 157 Å². The van der Waals surface area contributed by atoms with Gasteiger partial charge in [0.1, 0.15) is 17.9 Å². The van der Waals surface area contributed by atoms with E-state index in [2.05, 4.69) is 30.2 Å². The molecule has 0 saturated heterocycles. The monoisotopic (exact) mass is 374 g/mol. The number of nitrogens with zero attached hydrogens (tertiary/aromatic N) is 7. The second kappa shape index (κ2) is 5.98. The van der Waals surface area contributed by atoms with Crippen molar-refractivity contribution >= 4 is 16.7 Å². The normalized spacial score (nSPS) is 11.4. The maximum absolute atomic E-state index is 13.3. The van der Waals surface area contributed by atoms with E-state index in [4.69, 9.17) is 4.74 Å². The first-order valence-electron chi connectivity index (χ1n) is 8.44. The Hall–Kier alpha value is -4.08. The molecule has 4 heterocycles. The molecule has 10 heteroatoms. The fourth-order valence-corrected chi connectivity index (χ4v) is 3.18. The zero-order valence-electron chi connectivity index (χ0n) is 15.0. The highest BCUT2D eigenvalue weighted by molar-refractivity contribution is 5.93. The summed E-state index contributed by atoms with van der Waals surface area (Å²) < 4.78 is 8.22. The third-order valence-electron chi connectivity index (χ3n) is 4.43. The summed E-state index contributed by atoms with van der Waals surface area (Å²) in [5, 5.41) is 11.4. The van der Waals surface area contributed by atoms with Gasteiger partial charge >= 0.3 is 0 Å². The number of aryl methyl sites for hydroxylation is 1. The Morgan fingerprint density at radius 3 is 2.64 bits per heavy atom. The van der Waals surface area contributed by atoms with Crippen molar-refractivity contribution in [1.29, 1.82) is 0 Å². The molecule has 0 amide bonds. The summed E-state index contributed by atoms with van der Waals surface area (Å²) in [4.78, 5) is 26.3. The zero-order chi connectivity index (χ0) is 19.3. The SMILES string of the molecule is COc1ccc(-c2c3c(=O)n(-c4ncn[nH]4)ccc3nc3nc(C)nn23)cc1. The molecule has 28 heavy (non-hydrogen) atoms. The van der Waals surface area contributed by atoms with Crippen molar-refractivity contribution in [3.8, 4) is 23.0 Å². The fraction of sp³-hybridized carbons (Fsp3) is 0.111. The van der Waals surface area contributed by atoms with Gasteiger partial charge in [-0.25, -0.2) is 10.1 Å². The van der Waals surface area contributed by atoms with Crippen LogP contribution < -0.4 is 10.3 Å². The largest absolute Gasteiger partial charge is 0.497 e. The highest BCUT2D eigenvalue weighted by atomic mass is 16.5. The Kier molecular flexibility index (Phi) is 3.44. The first-order chi connectivity index (χ1) is 13.7. The molecule has 0 spiro atoms. The van der Waals surface area contributed by atoms with Crippen molar-refractivity contribution in [1.82, 2.24) is 39.3 Å². The quantitative estimate of drug-likeness (QED) is 0.509. The molecule has 5 rings (SSSR count). The molecule has 0 aliphatic carbocycles. The smallest absolute Gasteiger partial charge is 0.269 e. The second-order valence-electron chi connectivity index (χ2n) is 6.12. The number of methoxy groups -OCH3 is 1. The lowest BCUT2D eigenvalue weighted by Crippen LogP contribution is -2.21. The fourth-order valence-electron chi connectivity index (χ4n) is 3.18. The van der Waals surface area contributed by atoms with E-state index in [9.17, 15) is 4.79 Å². The van der Waals surface area contributed by atoms with Gasteiger partial charge in [0.15, 0.2) is 0 Å². The minimum absolute atomic E-state index is 0.289. The van der Waals surface area contributed by atoms with Crippen LogP contribution in [0.25, 0.3) is 33.9 Å². The van der Waals surface area contributed by atoms with Gasteiger partial charge in [0, 0.05) is 11.8 Å². The first kappa shape index (κ1) is 16.1. The summed E-state index contributed by atoms with van der Waals surface area (Å²) in [5.41, 5.74) is 1.62. The van der Waals surface area contributed by atoms with Crippen LogP contribution in [-0.4, -0.2) is 46.4 Å². The molecule has 0 atom stereocenters. The average Bonchev–Trinajstić information content (AvgIpc) is 3.36.